The van der Waals surface area contributed by atoms with E-state index >= 15 is 0 Å². The summed E-state index contributed by atoms with van der Waals surface area (Å²) in [6.07, 6.45) is -3.21. The molecule has 0 aliphatic carbocycles. The molecule has 1 unspecified atom stereocenters. The standard InChI is InChI=1S/C26H30F3N3O3/c1-16-12-23(35-3)21(20-8-9-30-24(16)20)14-32-11-10-31(17(2)13-26(27,28)29)15-22(32)18-4-6-19(7-5-18)25(33)34/h4-9,12,17,22,30H,10-11,13-15H2,1-3H3,(H,33,34)/t17?,22-/m0/s1. The van der Waals surface area contributed by atoms with Gasteiger partial charge in [-0.05, 0) is 49.2 Å². The lowest BCUT2D eigenvalue weighted by atomic mass is 9.97. The van der Waals surface area contributed by atoms with E-state index in [-0.39, 0.29) is 11.6 Å². The number of nitrogens with one attached hydrogen (secondary N) is 1. The summed E-state index contributed by atoms with van der Waals surface area (Å²) in [7, 11) is 1.63. The molecule has 1 aliphatic rings. The minimum Gasteiger partial charge on any atom is -0.496 e. The van der Waals surface area contributed by atoms with Crippen molar-refractivity contribution in [3.63, 3.8) is 0 Å². The molecule has 6 nitrogen and oxygen atoms in total. The Morgan fingerprint density at radius 3 is 2.57 bits per heavy atom. The number of benzene rings is 2. The van der Waals surface area contributed by atoms with E-state index in [2.05, 4.69) is 9.88 Å². The number of alkyl halides is 3. The Morgan fingerprint density at radius 1 is 1.23 bits per heavy atom. The normalized spacial score (nSPS) is 18.6. The molecule has 2 heterocycles. The first-order valence-electron chi connectivity index (χ1n) is 11.6. The van der Waals surface area contributed by atoms with Crippen LogP contribution in [0.2, 0.25) is 0 Å². The van der Waals surface area contributed by atoms with E-state index in [1.165, 1.54) is 0 Å². The fraction of sp³-hybridized carbons (Fsp3) is 0.423. The second-order valence-corrected chi connectivity index (χ2v) is 9.22. The molecule has 1 saturated heterocycles. The first kappa shape index (κ1) is 25.1. The molecule has 0 radical (unpaired) electrons. The highest BCUT2D eigenvalue weighted by Crippen LogP contribution is 2.36. The summed E-state index contributed by atoms with van der Waals surface area (Å²) in [6, 6.07) is 9.76. The number of carboxylic acids is 1. The van der Waals surface area contributed by atoms with Crippen LogP contribution in [-0.2, 0) is 6.54 Å². The van der Waals surface area contributed by atoms with Gasteiger partial charge in [0.1, 0.15) is 5.75 Å². The highest BCUT2D eigenvalue weighted by Gasteiger charge is 2.36. The van der Waals surface area contributed by atoms with Crippen LogP contribution in [-0.4, -0.2) is 64.8 Å². The molecule has 2 aromatic carbocycles. The number of fused-ring (bicyclic) bond motifs is 1. The van der Waals surface area contributed by atoms with Crippen molar-refractivity contribution in [3.8, 4) is 5.75 Å². The Balaban J connectivity index is 1.67. The molecule has 0 bridgehead atoms. The number of ether oxygens (including phenoxy) is 1. The van der Waals surface area contributed by atoms with Crippen molar-refractivity contribution < 1.29 is 27.8 Å². The molecule has 35 heavy (non-hydrogen) atoms. The predicted molar refractivity (Wildman–Crippen MR) is 128 cm³/mol. The SMILES string of the molecule is COc1cc(C)c2[nH]ccc2c1CN1CCN(C(C)CC(F)(F)F)C[C@H]1c1ccc(C(=O)O)cc1. The Bertz CT molecular complexity index is 1190. The molecule has 4 rings (SSSR count). The van der Waals surface area contributed by atoms with Crippen LogP contribution in [0.25, 0.3) is 10.9 Å². The maximum atomic E-state index is 13.1. The van der Waals surface area contributed by atoms with Crippen LogP contribution >= 0.6 is 0 Å². The van der Waals surface area contributed by atoms with Crippen molar-refractivity contribution >= 4 is 16.9 Å². The number of carbonyl (C=O) groups is 1. The van der Waals surface area contributed by atoms with Gasteiger partial charge in [-0.2, -0.15) is 13.2 Å². The number of aryl methyl sites for hydroxylation is 1. The predicted octanol–water partition coefficient (Wildman–Crippen LogP) is 5.38. The van der Waals surface area contributed by atoms with Crippen LogP contribution in [0.15, 0.2) is 42.6 Å². The van der Waals surface area contributed by atoms with Gasteiger partial charge in [-0.1, -0.05) is 12.1 Å². The average molecular weight is 490 g/mol. The van der Waals surface area contributed by atoms with Gasteiger partial charge in [-0.15, -0.1) is 0 Å². The van der Waals surface area contributed by atoms with Crippen LogP contribution in [0.3, 0.4) is 0 Å². The molecule has 188 valence electrons. The van der Waals surface area contributed by atoms with E-state index in [4.69, 9.17) is 4.74 Å². The number of hydrogen-bond donors (Lipinski definition) is 2. The van der Waals surface area contributed by atoms with Gasteiger partial charge in [0, 0.05) is 60.9 Å². The zero-order chi connectivity index (χ0) is 25.3. The molecule has 2 N–H and O–H groups in total. The zero-order valence-electron chi connectivity index (χ0n) is 20.0. The number of aromatic amines is 1. The van der Waals surface area contributed by atoms with E-state index in [9.17, 15) is 23.1 Å². The number of carboxylic acid groups (broad SMARTS) is 1. The van der Waals surface area contributed by atoms with Gasteiger partial charge in [0.25, 0.3) is 0 Å². The minimum absolute atomic E-state index is 0.174. The van der Waals surface area contributed by atoms with Crippen LogP contribution in [0.4, 0.5) is 13.2 Å². The van der Waals surface area contributed by atoms with Crippen molar-refractivity contribution in [2.24, 2.45) is 0 Å². The van der Waals surface area contributed by atoms with E-state index < -0.39 is 24.6 Å². The quantitative estimate of drug-likeness (QED) is 0.466. The lowest BCUT2D eigenvalue weighted by molar-refractivity contribution is -0.148. The summed E-state index contributed by atoms with van der Waals surface area (Å²) in [5.74, 6) is -0.251. The van der Waals surface area contributed by atoms with E-state index in [1.807, 2.05) is 30.2 Å². The topological polar surface area (TPSA) is 68.8 Å². The van der Waals surface area contributed by atoms with Gasteiger partial charge in [-0.25, -0.2) is 4.79 Å². The minimum atomic E-state index is -4.23. The third-order valence-electron chi connectivity index (χ3n) is 6.91. The van der Waals surface area contributed by atoms with Gasteiger partial charge in [0.2, 0.25) is 0 Å². The lowest BCUT2D eigenvalue weighted by Gasteiger charge is -2.44. The number of halogens is 3. The van der Waals surface area contributed by atoms with E-state index in [1.54, 1.807) is 38.3 Å². The Hall–Kier alpha value is -3.04. The molecule has 1 fully saturated rings. The Kier molecular flexibility index (Phi) is 7.10. The first-order chi connectivity index (χ1) is 16.6. The van der Waals surface area contributed by atoms with Crippen LogP contribution in [0.1, 0.15) is 46.4 Å². The Morgan fingerprint density at radius 2 is 1.94 bits per heavy atom. The molecule has 3 aromatic rings. The number of aromatic nitrogens is 1. The number of aromatic carboxylic acids is 1. The number of H-pyrrole nitrogens is 1. The van der Waals surface area contributed by atoms with Crippen molar-refractivity contribution in [3.05, 3.63) is 64.8 Å². The molecular formula is C26H30F3N3O3. The van der Waals surface area contributed by atoms with Gasteiger partial charge >= 0.3 is 12.1 Å². The number of piperazine rings is 1. The lowest BCUT2D eigenvalue weighted by Crippen LogP contribution is -2.51. The van der Waals surface area contributed by atoms with E-state index in [0.29, 0.717) is 26.2 Å². The van der Waals surface area contributed by atoms with Crippen molar-refractivity contribution in [2.45, 2.75) is 45.1 Å². The molecule has 0 spiro atoms. The summed E-state index contributed by atoms with van der Waals surface area (Å²) in [6.45, 7) is 5.65. The van der Waals surface area contributed by atoms with E-state index in [0.717, 1.165) is 33.3 Å². The van der Waals surface area contributed by atoms with Gasteiger partial charge in [0.05, 0.1) is 19.1 Å². The fourth-order valence-corrected chi connectivity index (χ4v) is 5.04. The average Bonchev–Trinajstić information content (AvgIpc) is 3.30. The summed E-state index contributed by atoms with van der Waals surface area (Å²) < 4.78 is 45.0. The number of methoxy groups -OCH3 is 1. The molecule has 2 atom stereocenters. The zero-order valence-corrected chi connectivity index (χ0v) is 20.0. The fourth-order valence-electron chi connectivity index (χ4n) is 5.04. The number of hydrogen-bond acceptors (Lipinski definition) is 4. The summed E-state index contributed by atoms with van der Waals surface area (Å²) >= 11 is 0. The highest BCUT2D eigenvalue weighted by atomic mass is 19.4. The summed E-state index contributed by atoms with van der Waals surface area (Å²) in [4.78, 5) is 18.7. The monoisotopic (exact) mass is 489 g/mol. The van der Waals surface area contributed by atoms with Crippen molar-refractivity contribution in [1.82, 2.24) is 14.8 Å². The maximum absolute atomic E-state index is 13.1. The van der Waals surface area contributed by atoms with Gasteiger partial charge < -0.3 is 14.8 Å². The smallest absolute Gasteiger partial charge is 0.390 e. The summed E-state index contributed by atoms with van der Waals surface area (Å²) in [5.41, 5.74) is 4.15. The van der Waals surface area contributed by atoms with Crippen LogP contribution in [0, 0.1) is 6.92 Å². The molecule has 0 saturated carbocycles. The first-order valence-corrected chi connectivity index (χ1v) is 11.6. The number of rotatable bonds is 7. The second-order valence-electron chi connectivity index (χ2n) is 9.22. The molecule has 9 heteroatoms. The van der Waals surface area contributed by atoms with Gasteiger partial charge in [0.15, 0.2) is 0 Å². The molecule has 0 amide bonds. The van der Waals surface area contributed by atoms with Crippen molar-refractivity contribution in [2.75, 3.05) is 26.7 Å². The highest BCUT2D eigenvalue weighted by molar-refractivity contribution is 5.88. The molecular weight excluding hydrogens is 459 g/mol. The Labute approximate surface area is 202 Å². The second kappa shape index (κ2) is 9.91. The van der Waals surface area contributed by atoms with Crippen LogP contribution < -0.4 is 4.74 Å². The van der Waals surface area contributed by atoms with Crippen molar-refractivity contribution in [1.29, 1.82) is 0 Å². The van der Waals surface area contributed by atoms with Crippen LogP contribution in [0.5, 0.6) is 5.75 Å². The maximum Gasteiger partial charge on any atom is 0.390 e. The molecule has 1 aromatic heterocycles. The third-order valence-corrected chi connectivity index (χ3v) is 6.91. The van der Waals surface area contributed by atoms with Gasteiger partial charge in [-0.3, -0.25) is 9.80 Å². The number of nitrogens with zero attached hydrogens (tertiary/aromatic N) is 2. The molecule has 1 aliphatic heterocycles. The third kappa shape index (κ3) is 5.46. The summed E-state index contributed by atoms with van der Waals surface area (Å²) in [5, 5.41) is 10.3. The largest absolute Gasteiger partial charge is 0.496 e.